The molecule has 0 bridgehead atoms. The lowest BCUT2D eigenvalue weighted by Gasteiger charge is -2.18. The SMILES string of the molecule is Nc1ccc(N2C[C@@H]3COC[C@H]3C2)nc1. The van der Waals surface area contributed by atoms with E-state index in [9.17, 15) is 0 Å². The molecule has 1 aromatic rings. The van der Waals surface area contributed by atoms with Crippen molar-refractivity contribution in [2.45, 2.75) is 0 Å². The fourth-order valence-electron chi connectivity index (χ4n) is 2.46. The van der Waals surface area contributed by atoms with Gasteiger partial charge in [0.1, 0.15) is 5.82 Å². The fraction of sp³-hybridized carbons (Fsp3) is 0.545. The van der Waals surface area contributed by atoms with Crippen LogP contribution < -0.4 is 10.6 Å². The quantitative estimate of drug-likeness (QED) is 0.735. The Balaban J connectivity index is 1.76. The van der Waals surface area contributed by atoms with Crippen LogP contribution in [-0.2, 0) is 4.74 Å². The summed E-state index contributed by atoms with van der Waals surface area (Å²) in [5.74, 6) is 2.44. The Morgan fingerprint density at radius 2 is 2.00 bits per heavy atom. The molecule has 4 heteroatoms. The van der Waals surface area contributed by atoms with E-state index in [1.165, 1.54) is 0 Å². The zero-order valence-electron chi connectivity index (χ0n) is 8.60. The van der Waals surface area contributed by atoms with Crippen LogP contribution in [0.5, 0.6) is 0 Å². The first-order chi connectivity index (χ1) is 7.33. The maximum atomic E-state index is 5.62. The molecule has 0 aromatic carbocycles. The van der Waals surface area contributed by atoms with Gasteiger partial charge in [-0.15, -0.1) is 0 Å². The van der Waals surface area contributed by atoms with Gasteiger partial charge in [-0.05, 0) is 12.1 Å². The number of pyridine rings is 1. The Labute approximate surface area is 89.0 Å². The molecular formula is C11H15N3O. The van der Waals surface area contributed by atoms with E-state index >= 15 is 0 Å². The largest absolute Gasteiger partial charge is 0.397 e. The third kappa shape index (κ3) is 1.55. The normalized spacial score (nSPS) is 29.5. The van der Waals surface area contributed by atoms with Crippen molar-refractivity contribution in [2.75, 3.05) is 36.9 Å². The topological polar surface area (TPSA) is 51.4 Å². The van der Waals surface area contributed by atoms with Gasteiger partial charge < -0.3 is 15.4 Å². The van der Waals surface area contributed by atoms with E-state index in [-0.39, 0.29) is 0 Å². The Morgan fingerprint density at radius 1 is 1.27 bits per heavy atom. The average Bonchev–Trinajstić information content (AvgIpc) is 2.78. The molecule has 3 rings (SSSR count). The first-order valence-corrected chi connectivity index (χ1v) is 5.37. The molecule has 15 heavy (non-hydrogen) atoms. The zero-order valence-corrected chi connectivity index (χ0v) is 8.60. The minimum absolute atomic E-state index is 0.698. The number of ether oxygens (including phenoxy) is 1. The highest BCUT2D eigenvalue weighted by molar-refractivity contribution is 5.46. The molecule has 0 radical (unpaired) electrons. The molecule has 3 heterocycles. The van der Waals surface area contributed by atoms with Crippen molar-refractivity contribution in [1.82, 2.24) is 4.98 Å². The van der Waals surface area contributed by atoms with Crippen molar-refractivity contribution in [1.29, 1.82) is 0 Å². The minimum Gasteiger partial charge on any atom is -0.397 e. The third-order valence-electron chi connectivity index (χ3n) is 3.34. The highest BCUT2D eigenvalue weighted by atomic mass is 16.5. The predicted octanol–water partition coefficient (Wildman–Crippen LogP) is 0.746. The molecule has 0 spiro atoms. The van der Waals surface area contributed by atoms with Gasteiger partial charge in [-0.1, -0.05) is 0 Å². The van der Waals surface area contributed by atoms with Crippen LogP contribution in [0.3, 0.4) is 0 Å². The van der Waals surface area contributed by atoms with Gasteiger partial charge >= 0.3 is 0 Å². The molecule has 2 N–H and O–H groups in total. The summed E-state index contributed by atoms with van der Waals surface area (Å²) in [6.45, 7) is 3.97. The van der Waals surface area contributed by atoms with E-state index in [0.717, 1.165) is 37.8 Å². The van der Waals surface area contributed by atoms with E-state index < -0.39 is 0 Å². The van der Waals surface area contributed by atoms with Crippen LogP contribution in [0.15, 0.2) is 18.3 Å². The molecule has 2 aliphatic rings. The molecule has 4 nitrogen and oxygen atoms in total. The van der Waals surface area contributed by atoms with Gasteiger partial charge in [-0.3, -0.25) is 0 Å². The first kappa shape index (κ1) is 8.97. The van der Waals surface area contributed by atoms with Crippen molar-refractivity contribution in [3.05, 3.63) is 18.3 Å². The van der Waals surface area contributed by atoms with Crippen LogP contribution in [0.2, 0.25) is 0 Å². The van der Waals surface area contributed by atoms with Gasteiger partial charge in [0, 0.05) is 24.9 Å². The highest BCUT2D eigenvalue weighted by Crippen LogP contribution is 2.31. The second-order valence-corrected chi connectivity index (χ2v) is 4.41. The summed E-state index contributed by atoms with van der Waals surface area (Å²) in [6, 6.07) is 3.91. The summed E-state index contributed by atoms with van der Waals surface area (Å²) in [7, 11) is 0. The smallest absolute Gasteiger partial charge is 0.128 e. The molecule has 80 valence electrons. The van der Waals surface area contributed by atoms with Crippen LogP contribution in [0.25, 0.3) is 0 Å². The summed E-state index contributed by atoms with van der Waals surface area (Å²) in [4.78, 5) is 6.68. The van der Waals surface area contributed by atoms with E-state index in [2.05, 4.69) is 9.88 Å². The van der Waals surface area contributed by atoms with Crippen molar-refractivity contribution in [3.63, 3.8) is 0 Å². The second-order valence-electron chi connectivity index (χ2n) is 4.41. The van der Waals surface area contributed by atoms with Gasteiger partial charge in [-0.25, -0.2) is 4.98 Å². The maximum absolute atomic E-state index is 5.62. The average molecular weight is 205 g/mol. The number of anilines is 2. The molecule has 0 saturated carbocycles. The summed E-state index contributed by atoms with van der Waals surface area (Å²) < 4.78 is 5.45. The van der Waals surface area contributed by atoms with Crippen LogP contribution >= 0.6 is 0 Å². The van der Waals surface area contributed by atoms with Gasteiger partial charge in [0.25, 0.3) is 0 Å². The molecule has 0 aliphatic carbocycles. The Bertz CT molecular complexity index is 339. The van der Waals surface area contributed by atoms with Crippen molar-refractivity contribution in [3.8, 4) is 0 Å². The summed E-state index contributed by atoms with van der Waals surface area (Å²) in [6.07, 6.45) is 1.72. The number of hydrogen-bond donors (Lipinski definition) is 1. The summed E-state index contributed by atoms with van der Waals surface area (Å²) in [5, 5.41) is 0. The molecule has 2 aliphatic heterocycles. The lowest BCUT2D eigenvalue weighted by atomic mass is 10.0. The number of rotatable bonds is 1. The number of aromatic nitrogens is 1. The summed E-state index contributed by atoms with van der Waals surface area (Å²) >= 11 is 0. The van der Waals surface area contributed by atoms with Crippen molar-refractivity contribution >= 4 is 11.5 Å². The molecular weight excluding hydrogens is 190 g/mol. The molecule has 2 saturated heterocycles. The van der Waals surface area contributed by atoms with Crippen LogP contribution in [0.1, 0.15) is 0 Å². The van der Waals surface area contributed by atoms with Crippen molar-refractivity contribution < 1.29 is 4.74 Å². The first-order valence-electron chi connectivity index (χ1n) is 5.37. The van der Waals surface area contributed by atoms with Crippen LogP contribution in [-0.4, -0.2) is 31.3 Å². The lowest BCUT2D eigenvalue weighted by Crippen LogP contribution is -2.23. The lowest BCUT2D eigenvalue weighted by molar-refractivity contribution is 0.177. The van der Waals surface area contributed by atoms with Gasteiger partial charge in [-0.2, -0.15) is 0 Å². The number of fused-ring (bicyclic) bond motifs is 1. The van der Waals surface area contributed by atoms with E-state index in [0.29, 0.717) is 11.8 Å². The maximum Gasteiger partial charge on any atom is 0.128 e. The Hall–Kier alpha value is -1.29. The molecule has 2 atom stereocenters. The standard InChI is InChI=1S/C11H15N3O/c12-10-1-2-11(13-3-10)14-4-8-6-15-7-9(8)5-14/h1-3,8-9H,4-7,12H2/t8-,9-/m1/s1. The Kier molecular flexibility index (Phi) is 2.02. The highest BCUT2D eigenvalue weighted by Gasteiger charge is 2.37. The van der Waals surface area contributed by atoms with Crippen molar-refractivity contribution in [2.24, 2.45) is 11.8 Å². The number of nitrogens with two attached hydrogens (primary N) is 1. The van der Waals surface area contributed by atoms with E-state index in [1.807, 2.05) is 12.1 Å². The van der Waals surface area contributed by atoms with E-state index in [1.54, 1.807) is 6.20 Å². The number of hydrogen-bond acceptors (Lipinski definition) is 4. The molecule has 0 amide bonds. The van der Waals surface area contributed by atoms with Crippen LogP contribution in [0.4, 0.5) is 11.5 Å². The molecule has 0 unspecified atom stereocenters. The number of nitrogen functional groups attached to an aromatic ring is 1. The summed E-state index contributed by atoms with van der Waals surface area (Å²) in [5.41, 5.74) is 6.34. The zero-order chi connectivity index (χ0) is 10.3. The van der Waals surface area contributed by atoms with Crippen LogP contribution in [0, 0.1) is 11.8 Å². The van der Waals surface area contributed by atoms with Gasteiger partial charge in [0.2, 0.25) is 0 Å². The monoisotopic (exact) mass is 205 g/mol. The minimum atomic E-state index is 0.698. The third-order valence-corrected chi connectivity index (χ3v) is 3.34. The van der Waals surface area contributed by atoms with E-state index in [4.69, 9.17) is 10.5 Å². The Morgan fingerprint density at radius 3 is 2.60 bits per heavy atom. The molecule has 1 aromatic heterocycles. The van der Waals surface area contributed by atoms with Gasteiger partial charge in [0.15, 0.2) is 0 Å². The predicted molar refractivity (Wildman–Crippen MR) is 58.7 cm³/mol. The van der Waals surface area contributed by atoms with Gasteiger partial charge in [0.05, 0.1) is 25.1 Å². The number of nitrogens with zero attached hydrogens (tertiary/aromatic N) is 2. The fourth-order valence-corrected chi connectivity index (χ4v) is 2.46. The second kappa shape index (κ2) is 3.38. The molecule has 2 fully saturated rings.